The Morgan fingerprint density at radius 1 is 0.559 bits per heavy atom. The van der Waals surface area contributed by atoms with Crippen LogP contribution in [0.1, 0.15) is 27.7 Å². The molecule has 0 saturated heterocycles. The zero-order valence-electron chi connectivity index (χ0n) is 19.5. The van der Waals surface area contributed by atoms with E-state index in [4.69, 9.17) is 18.9 Å². The smallest absolute Gasteiger partial charge is 0.310 e. The van der Waals surface area contributed by atoms with Gasteiger partial charge in [-0.3, -0.25) is 19.2 Å². The number of carbonyl (C=O) groups is 4. The molecule has 0 bridgehead atoms. The van der Waals surface area contributed by atoms with Crippen molar-refractivity contribution >= 4 is 35.3 Å². The third-order valence-corrected chi connectivity index (χ3v) is 6.93. The van der Waals surface area contributed by atoms with Crippen molar-refractivity contribution in [2.75, 3.05) is 26.4 Å². The highest BCUT2D eigenvalue weighted by Crippen LogP contribution is 2.62. The van der Waals surface area contributed by atoms with Gasteiger partial charge in [0.25, 0.3) is 0 Å². The molecule has 0 aromatic heterocycles. The summed E-state index contributed by atoms with van der Waals surface area (Å²) in [6.45, 7) is 6.65. The molecule has 0 aromatic rings. The third kappa shape index (κ3) is 3.78. The molecule has 34 heavy (non-hydrogen) atoms. The lowest BCUT2D eigenvalue weighted by molar-refractivity contribution is -0.181. The van der Waals surface area contributed by atoms with Crippen LogP contribution >= 0.6 is 0 Å². The number of nitrogens with zero attached hydrogens (tertiary/aromatic N) is 2. The van der Waals surface area contributed by atoms with E-state index in [0.29, 0.717) is 0 Å². The number of hydrogen-bond acceptors (Lipinski definition) is 12. The van der Waals surface area contributed by atoms with E-state index in [-0.39, 0.29) is 37.9 Å². The molecule has 0 aliphatic heterocycles. The second-order valence-electron chi connectivity index (χ2n) is 8.26. The highest BCUT2D eigenvalue weighted by Gasteiger charge is 2.74. The van der Waals surface area contributed by atoms with Gasteiger partial charge in [0.15, 0.2) is 0 Å². The molecule has 8 atom stereocenters. The quantitative estimate of drug-likeness (QED) is 0.219. The van der Waals surface area contributed by atoms with Crippen molar-refractivity contribution in [3.05, 3.63) is 0 Å². The SMILES string of the molecule is CCOC(=O)[C@@H]1[C@H](C(=O)OCC)[C@@H]2C(=NO)[C@H]3[C@H](C(=O)OCC)[C@H](C(=O)OCC)[C@@H]3C(=NO)[C@H]12. The van der Waals surface area contributed by atoms with Crippen molar-refractivity contribution in [1.82, 2.24) is 0 Å². The number of rotatable bonds is 8. The van der Waals surface area contributed by atoms with E-state index in [2.05, 4.69) is 10.3 Å². The van der Waals surface area contributed by atoms with E-state index in [9.17, 15) is 29.6 Å². The van der Waals surface area contributed by atoms with Crippen LogP contribution in [0.15, 0.2) is 10.3 Å². The maximum Gasteiger partial charge on any atom is 0.310 e. The molecule has 0 unspecified atom stereocenters. The lowest BCUT2D eigenvalue weighted by Crippen LogP contribution is -2.73. The van der Waals surface area contributed by atoms with E-state index in [0.717, 1.165) is 0 Å². The number of ether oxygens (including phenoxy) is 4. The van der Waals surface area contributed by atoms with Crippen LogP contribution in [0.4, 0.5) is 0 Å². The Hall–Kier alpha value is -3.18. The molecule has 12 nitrogen and oxygen atoms in total. The van der Waals surface area contributed by atoms with Crippen LogP contribution in [-0.4, -0.2) is 72.1 Å². The van der Waals surface area contributed by atoms with Gasteiger partial charge in [0.1, 0.15) is 0 Å². The summed E-state index contributed by atoms with van der Waals surface area (Å²) in [6, 6.07) is 0. The Kier molecular flexibility index (Phi) is 7.78. The van der Waals surface area contributed by atoms with Crippen molar-refractivity contribution in [2.24, 2.45) is 57.7 Å². The Bertz CT molecular complexity index is 764. The van der Waals surface area contributed by atoms with Gasteiger partial charge < -0.3 is 29.4 Å². The van der Waals surface area contributed by atoms with Gasteiger partial charge in [0, 0.05) is 23.7 Å². The fraction of sp³-hybridized carbons (Fsp3) is 0.727. The third-order valence-electron chi connectivity index (χ3n) is 6.93. The Morgan fingerprint density at radius 2 is 0.765 bits per heavy atom. The predicted octanol–water partition coefficient (Wildman–Crippen LogP) is 0.870. The molecule has 3 aliphatic carbocycles. The molecule has 0 radical (unpaired) electrons. The largest absolute Gasteiger partial charge is 0.466 e. The molecular weight excluding hydrogens is 452 g/mol. The number of fused-ring (bicyclic) bond motifs is 2. The first-order chi connectivity index (χ1) is 16.3. The summed E-state index contributed by atoms with van der Waals surface area (Å²) < 4.78 is 20.6. The molecule has 0 aromatic carbocycles. The van der Waals surface area contributed by atoms with Crippen LogP contribution in [0, 0.1) is 47.3 Å². The fourth-order valence-corrected chi connectivity index (χ4v) is 5.81. The van der Waals surface area contributed by atoms with Crippen LogP contribution in [0.25, 0.3) is 0 Å². The number of oxime groups is 2. The second-order valence-corrected chi connectivity index (χ2v) is 8.26. The first-order valence-electron chi connectivity index (χ1n) is 11.4. The molecule has 0 spiro atoms. The van der Waals surface area contributed by atoms with Gasteiger partial charge in [0.05, 0.1) is 61.5 Å². The molecule has 3 fully saturated rings. The summed E-state index contributed by atoms with van der Waals surface area (Å²) >= 11 is 0. The van der Waals surface area contributed by atoms with Crippen molar-refractivity contribution in [3.8, 4) is 0 Å². The number of carbonyl (C=O) groups excluding carboxylic acids is 4. The second kappa shape index (κ2) is 10.4. The van der Waals surface area contributed by atoms with Crippen LogP contribution < -0.4 is 0 Å². The first-order valence-corrected chi connectivity index (χ1v) is 11.4. The summed E-state index contributed by atoms with van der Waals surface area (Å²) in [6.07, 6.45) is 0. The van der Waals surface area contributed by atoms with E-state index in [1.54, 1.807) is 27.7 Å². The van der Waals surface area contributed by atoms with Crippen LogP contribution in [0.3, 0.4) is 0 Å². The van der Waals surface area contributed by atoms with E-state index >= 15 is 0 Å². The highest BCUT2D eigenvalue weighted by molar-refractivity contribution is 6.15. The van der Waals surface area contributed by atoms with E-state index < -0.39 is 71.2 Å². The van der Waals surface area contributed by atoms with Gasteiger partial charge in [0.2, 0.25) is 0 Å². The summed E-state index contributed by atoms with van der Waals surface area (Å²) in [5.41, 5.74) is 0.110. The Morgan fingerprint density at radius 3 is 0.912 bits per heavy atom. The maximum absolute atomic E-state index is 12.8. The zero-order chi connectivity index (χ0) is 25.2. The van der Waals surface area contributed by atoms with E-state index in [1.165, 1.54) is 0 Å². The molecule has 3 rings (SSSR count). The summed E-state index contributed by atoms with van der Waals surface area (Å²) in [5, 5.41) is 26.7. The molecule has 0 heterocycles. The average Bonchev–Trinajstić information content (AvgIpc) is 2.76. The number of hydrogen-bond donors (Lipinski definition) is 2. The van der Waals surface area contributed by atoms with Crippen molar-refractivity contribution in [2.45, 2.75) is 27.7 Å². The van der Waals surface area contributed by atoms with Crippen molar-refractivity contribution in [1.29, 1.82) is 0 Å². The minimum Gasteiger partial charge on any atom is -0.466 e. The van der Waals surface area contributed by atoms with Gasteiger partial charge in [-0.2, -0.15) is 0 Å². The summed E-state index contributed by atoms with van der Waals surface area (Å²) in [7, 11) is 0. The standard InChI is InChI=1S/C22H30N2O10/c1-5-31-19(25)13-9-10(14(13)20(26)32-6-2)18(24-30)12-11(17(9)23-29)15(21(27)33-7-3)16(12)22(28)34-8-4/h9-16,29-30H,5-8H2,1-4H3/t9-,10-,11-,12+,13+,14-,15-,16+/m1/s1. The molecule has 12 heteroatoms. The molecule has 188 valence electrons. The van der Waals surface area contributed by atoms with Gasteiger partial charge >= 0.3 is 23.9 Å². The van der Waals surface area contributed by atoms with Gasteiger partial charge in [-0.15, -0.1) is 0 Å². The Balaban J connectivity index is 2.10. The highest BCUT2D eigenvalue weighted by atomic mass is 16.5. The minimum atomic E-state index is -1.07. The number of esters is 4. The lowest BCUT2D eigenvalue weighted by Gasteiger charge is -2.61. The lowest BCUT2D eigenvalue weighted by atomic mass is 9.39. The molecule has 3 aliphatic rings. The van der Waals surface area contributed by atoms with Crippen molar-refractivity contribution < 1.29 is 48.5 Å². The minimum absolute atomic E-state index is 0.0528. The van der Waals surface area contributed by atoms with Crippen LogP contribution in [0.2, 0.25) is 0 Å². The van der Waals surface area contributed by atoms with Crippen LogP contribution in [-0.2, 0) is 38.1 Å². The maximum atomic E-state index is 12.8. The fourth-order valence-electron chi connectivity index (χ4n) is 5.81. The molecule has 3 saturated carbocycles. The first kappa shape index (κ1) is 25.4. The molecular formula is C22H30N2O10. The van der Waals surface area contributed by atoms with Crippen molar-refractivity contribution in [3.63, 3.8) is 0 Å². The van der Waals surface area contributed by atoms with E-state index in [1.807, 2.05) is 0 Å². The normalized spacial score (nSPS) is 35.8. The van der Waals surface area contributed by atoms with Crippen LogP contribution in [0.5, 0.6) is 0 Å². The van der Waals surface area contributed by atoms with Gasteiger partial charge in [-0.1, -0.05) is 10.3 Å². The topological polar surface area (TPSA) is 170 Å². The van der Waals surface area contributed by atoms with Gasteiger partial charge in [-0.25, -0.2) is 0 Å². The monoisotopic (exact) mass is 482 g/mol. The summed E-state index contributed by atoms with van der Waals surface area (Å²) in [5.74, 6) is -10.6. The summed E-state index contributed by atoms with van der Waals surface area (Å²) in [4.78, 5) is 51.2. The molecule has 2 N–H and O–H groups in total. The predicted molar refractivity (Wildman–Crippen MR) is 113 cm³/mol. The molecule has 0 amide bonds. The zero-order valence-corrected chi connectivity index (χ0v) is 19.5. The average molecular weight is 482 g/mol. The van der Waals surface area contributed by atoms with Gasteiger partial charge in [-0.05, 0) is 27.7 Å². The Labute approximate surface area is 196 Å².